The minimum atomic E-state index is -0.197. The molecule has 2 aliphatic rings. The van der Waals surface area contributed by atoms with Gasteiger partial charge >= 0.3 is 0 Å². The Hall–Kier alpha value is -2.11. The molecule has 1 atom stereocenters. The first-order valence-corrected chi connectivity index (χ1v) is 9.07. The summed E-state index contributed by atoms with van der Waals surface area (Å²) in [6.45, 7) is 4.22. The Bertz CT molecular complexity index is 639. The Morgan fingerprint density at radius 1 is 1.36 bits per heavy atom. The lowest BCUT2D eigenvalue weighted by Crippen LogP contribution is -2.47. The van der Waals surface area contributed by atoms with Gasteiger partial charge in [0.2, 0.25) is 5.91 Å². The number of rotatable bonds is 5. The fourth-order valence-electron chi connectivity index (χ4n) is 3.49. The van der Waals surface area contributed by atoms with Gasteiger partial charge in [0.15, 0.2) is 5.96 Å². The maximum absolute atomic E-state index is 13.1. The fourth-order valence-corrected chi connectivity index (χ4v) is 3.49. The fraction of sp³-hybridized carbons (Fsp3) is 0.579. The highest BCUT2D eigenvalue weighted by Gasteiger charge is 2.44. The van der Waals surface area contributed by atoms with Gasteiger partial charge in [-0.05, 0) is 37.0 Å². The maximum Gasteiger partial charge on any atom is 0.222 e. The number of guanidine groups is 1. The molecule has 1 aromatic rings. The molecule has 1 heterocycles. The zero-order valence-electron chi connectivity index (χ0n) is 15.0. The van der Waals surface area contributed by atoms with Crippen molar-refractivity contribution in [2.24, 2.45) is 4.99 Å². The van der Waals surface area contributed by atoms with Crippen LogP contribution in [0.5, 0.6) is 0 Å². The highest BCUT2D eigenvalue weighted by molar-refractivity contribution is 5.80. The van der Waals surface area contributed by atoms with Gasteiger partial charge in [0.05, 0.1) is 0 Å². The first-order valence-electron chi connectivity index (χ1n) is 9.07. The Labute approximate surface area is 148 Å². The molecule has 0 spiro atoms. The summed E-state index contributed by atoms with van der Waals surface area (Å²) in [5.41, 5.74) is 1.27. The van der Waals surface area contributed by atoms with E-state index in [-0.39, 0.29) is 23.2 Å². The normalized spacial score (nSPS) is 22.0. The van der Waals surface area contributed by atoms with E-state index in [1.54, 1.807) is 7.05 Å². The highest BCUT2D eigenvalue weighted by atomic mass is 19.1. The molecule has 25 heavy (non-hydrogen) atoms. The van der Waals surface area contributed by atoms with Crippen LogP contribution in [0.3, 0.4) is 0 Å². The Morgan fingerprint density at radius 2 is 2.08 bits per heavy atom. The topological polar surface area (TPSA) is 56.7 Å². The monoisotopic (exact) mass is 346 g/mol. The molecule has 1 saturated carbocycles. The van der Waals surface area contributed by atoms with E-state index in [0.717, 1.165) is 44.9 Å². The van der Waals surface area contributed by atoms with Crippen LogP contribution in [0.15, 0.2) is 29.3 Å². The standard InChI is InChI=1S/C19H27FN4O/c1-3-17(25)24-11-8-16(12-24)23-18(21-2)22-13-19(9-10-19)14-4-6-15(20)7-5-14/h4-7,16H,3,8-13H2,1-2H3,(H2,21,22,23). The number of nitrogens with zero attached hydrogens (tertiary/aromatic N) is 2. The van der Waals surface area contributed by atoms with Gasteiger partial charge in [-0.3, -0.25) is 9.79 Å². The number of hydrogen-bond acceptors (Lipinski definition) is 2. The predicted octanol–water partition coefficient (Wildman–Crippen LogP) is 2.03. The van der Waals surface area contributed by atoms with Crippen molar-refractivity contribution in [1.82, 2.24) is 15.5 Å². The summed E-state index contributed by atoms with van der Waals surface area (Å²) >= 11 is 0. The quantitative estimate of drug-likeness (QED) is 0.634. The summed E-state index contributed by atoms with van der Waals surface area (Å²) in [7, 11) is 1.76. The highest BCUT2D eigenvalue weighted by Crippen LogP contribution is 2.47. The first-order chi connectivity index (χ1) is 12.1. The molecular weight excluding hydrogens is 319 g/mol. The van der Waals surface area contributed by atoms with Crippen LogP contribution in [0, 0.1) is 5.82 Å². The number of aliphatic imine (C=N–C) groups is 1. The Balaban J connectivity index is 1.52. The van der Waals surface area contributed by atoms with E-state index in [1.807, 2.05) is 24.0 Å². The molecule has 5 nitrogen and oxygen atoms in total. The number of carbonyl (C=O) groups excluding carboxylic acids is 1. The van der Waals surface area contributed by atoms with Crippen molar-refractivity contribution in [2.75, 3.05) is 26.7 Å². The molecule has 136 valence electrons. The van der Waals surface area contributed by atoms with E-state index in [4.69, 9.17) is 0 Å². The van der Waals surface area contributed by atoms with Crippen molar-refractivity contribution in [2.45, 2.75) is 44.1 Å². The number of hydrogen-bond donors (Lipinski definition) is 2. The number of nitrogens with one attached hydrogen (secondary N) is 2. The van der Waals surface area contributed by atoms with Gasteiger partial charge in [-0.2, -0.15) is 0 Å². The van der Waals surface area contributed by atoms with Gasteiger partial charge in [-0.15, -0.1) is 0 Å². The summed E-state index contributed by atoms with van der Waals surface area (Å²) in [4.78, 5) is 18.0. The largest absolute Gasteiger partial charge is 0.356 e. The van der Waals surface area contributed by atoms with Crippen molar-refractivity contribution >= 4 is 11.9 Å². The van der Waals surface area contributed by atoms with Crippen molar-refractivity contribution in [1.29, 1.82) is 0 Å². The molecule has 1 saturated heterocycles. The summed E-state index contributed by atoms with van der Waals surface area (Å²) < 4.78 is 13.1. The van der Waals surface area contributed by atoms with Gasteiger partial charge < -0.3 is 15.5 Å². The predicted molar refractivity (Wildman–Crippen MR) is 97.1 cm³/mol. The van der Waals surface area contributed by atoms with Crippen molar-refractivity contribution in [3.05, 3.63) is 35.6 Å². The number of benzene rings is 1. The minimum absolute atomic E-state index is 0.0885. The molecular formula is C19H27FN4O. The lowest BCUT2D eigenvalue weighted by atomic mass is 9.96. The third-order valence-corrected chi connectivity index (χ3v) is 5.31. The molecule has 0 radical (unpaired) electrons. The van der Waals surface area contributed by atoms with Crippen LogP contribution in [0.1, 0.15) is 38.2 Å². The molecule has 0 bridgehead atoms. The smallest absolute Gasteiger partial charge is 0.222 e. The minimum Gasteiger partial charge on any atom is -0.356 e. The average molecular weight is 346 g/mol. The van der Waals surface area contributed by atoms with E-state index < -0.39 is 0 Å². The number of amides is 1. The molecule has 1 aromatic carbocycles. The summed E-state index contributed by atoms with van der Waals surface area (Å²) in [5, 5.41) is 6.83. The van der Waals surface area contributed by atoms with Crippen molar-refractivity contribution in [3.63, 3.8) is 0 Å². The molecule has 6 heteroatoms. The van der Waals surface area contributed by atoms with Crippen LogP contribution in [0.25, 0.3) is 0 Å². The Kier molecular flexibility index (Phi) is 5.25. The lowest BCUT2D eigenvalue weighted by molar-refractivity contribution is -0.129. The number of carbonyl (C=O) groups is 1. The van der Waals surface area contributed by atoms with Crippen LogP contribution in [-0.4, -0.2) is 49.5 Å². The van der Waals surface area contributed by atoms with Gasteiger partial charge in [-0.1, -0.05) is 19.1 Å². The van der Waals surface area contributed by atoms with Gasteiger partial charge in [0.1, 0.15) is 5.82 Å². The van der Waals surface area contributed by atoms with E-state index in [9.17, 15) is 9.18 Å². The lowest BCUT2D eigenvalue weighted by Gasteiger charge is -2.22. The summed E-state index contributed by atoms with van der Waals surface area (Å²) in [6, 6.07) is 7.06. The van der Waals surface area contributed by atoms with E-state index >= 15 is 0 Å². The third-order valence-electron chi connectivity index (χ3n) is 5.31. The first kappa shape index (κ1) is 17.7. The second-order valence-corrected chi connectivity index (χ2v) is 7.04. The van der Waals surface area contributed by atoms with Crippen LogP contribution in [0.4, 0.5) is 4.39 Å². The second kappa shape index (κ2) is 7.42. The van der Waals surface area contributed by atoms with Crippen LogP contribution < -0.4 is 10.6 Å². The molecule has 1 aliphatic carbocycles. The molecule has 1 amide bonds. The van der Waals surface area contributed by atoms with E-state index in [1.165, 1.54) is 17.7 Å². The molecule has 1 unspecified atom stereocenters. The van der Waals surface area contributed by atoms with E-state index in [0.29, 0.717) is 6.42 Å². The zero-order chi connectivity index (χ0) is 17.9. The zero-order valence-corrected chi connectivity index (χ0v) is 15.0. The Morgan fingerprint density at radius 3 is 2.68 bits per heavy atom. The van der Waals surface area contributed by atoms with E-state index in [2.05, 4.69) is 15.6 Å². The SMILES string of the molecule is CCC(=O)N1CCC(NC(=NC)NCC2(c3ccc(F)cc3)CC2)C1. The number of halogens is 1. The third kappa shape index (κ3) is 4.11. The van der Waals surface area contributed by atoms with Crippen LogP contribution in [-0.2, 0) is 10.2 Å². The van der Waals surface area contributed by atoms with Crippen LogP contribution >= 0.6 is 0 Å². The van der Waals surface area contributed by atoms with Gasteiger partial charge in [0.25, 0.3) is 0 Å². The molecule has 1 aliphatic heterocycles. The summed E-state index contributed by atoms with van der Waals surface area (Å²) in [6.07, 6.45) is 3.70. The van der Waals surface area contributed by atoms with Crippen molar-refractivity contribution < 1.29 is 9.18 Å². The second-order valence-electron chi connectivity index (χ2n) is 7.04. The average Bonchev–Trinajstić information content (AvgIpc) is 3.28. The van der Waals surface area contributed by atoms with Gasteiger partial charge in [0, 0.05) is 44.6 Å². The number of likely N-dealkylation sites (tertiary alicyclic amines) is 1. The van der Waals surface area contributed by atoms with Gasteiger partial charge in [-0.25, -0.2) is 4.39 Å². The molecule has 0 aromatic heterocycles. The van der Waals surface area contributed by atoms with Crippen molar-refractivity contribution in [3.8, 4) is 0 Å². The molecule has 2 N–H and O–H groups in total. The van der Waals surface area contributed by atoms with Crippen LogP contribution in [0.2, 0.25) is 0 Å². The maximum atomic E-state index is 13.1. The molecule has 3 rings (SSSR count). The molecule has 2 fully saturated rings. The summed E-state index contributed by atoms with van der Waals surface area (Å²) in [5.74, 6) is 0.780.